The molecule has 5 nitrogen and oxygen atoms in total. The average Bonchev–Trinajstić information content (AvgIpc) is 3.02. The molecule has 1 aromatic carbocycles. The summed E-state index contributed by atoms with van der Waals surface area (Å²) in [6.07, 6.45) is 3.46. The standard InChI is InChI=1S/C19H27N3O2S/c1-12(2)7-16-19(24)22-11-14(9-17(22)18(23)21-16)20-10-13-5-4-6-15(8-13)25-3/h4-6,8,12,14,16-17,20H,7,9-11H2,1-3H3,(H,21,23)/t14-,16+,17-/m0/s1. The zero-order valence-electron chi connectivity index (χ0n) is 15.1. The highest BCUT2D eigenvalue weighted by Crippen LogP contribution is 2.25. The van der Waals surface area contributed by atoms with E-state index in [1.807, 2.05) is 0 Å². The molecule has 2 saturated heterocycles. The van der Waals surface area contributed by atoms with Gasteiger partial charge in [0.1, 0.15) is 12.1 Å². The third kappa shape index (κ3) is 4.18. The summed E-state index contributed by atoms with van der Waals surface area (Å²) in [6, 6.07) is 7.93. The Bertz CT molecular complexity index is 649. The van der Waals surface area contributed by atoms with Gasteiger partial charge in [0.2, 0.25) is 11.8 Å². The average molecular weight is 362 g/mol. The van der Waals surface area contributed by atoms with Gasteiger partial charge in [0.05, 0.1) is 0 Å². The van der Waals surface area contributed by atoms with Gasteiger partial charge in [-0.05, 0) is 42.7 Å². The maximum atomic E-state index is 12.7. The Labute approximate surface area is 153 Å². The Kier molecular flexibility index (Phi) is 5.69. The van der Waals surface area contributed by atoms with Crippen molar-refractivity contribution in [3.63, 3.8) is 0 Å². The minimum absolute atomic E-state index is 0.000990. The molecule has 0 aromatic heterocycles. The molecule has 0 unspecified atom stereocenters. The second kappa shape index (κ2) is 7.79. The number of amides is 2. The SMILES string of the molecule is CSc1cccc(CN[C@H]2C[C@H]3C(=O)N[C@H](CC(C)C)C(=O)N3C2)c1. The molecule has 2 N–H and O–H groups in total. The number of nitrogens with zero attached hydrogens (tertiary/aromatic N) is 1. The smallest absolute Gasteiger partial charge is 0.245 e. The fourth-order valence-electron chi connectivity index (χ4n) is 3.68. The van der Waals surface area contributed by atoms with E-state index in [-0.39, 0.29) is 29.9 Å². The maximum Gasteiger partial charge on any atom is 0.245 e. The van der Waals surface area contributed by atoms with E-state index in [1.54, 1.807) is 16.7 Å². The fraction of sp³-hybridized carbons (Fsp3) is 0.579. The van der Waals surface area contributed by atoms with Gasteiger partial charge in [-0.15, -0.1) is 11.8 Å². The summed E-state index contributed by atoms with van der Waals surface area (Å²) in [5.74, 6) is 0.456. The second-order valence-corrected chi connectivity index (χ2v) is 8.24. The third-order valence-corrected chi connectivity index (χ3v) is 5.66. The van der Waals surface area contributed by atoms with Crippen molar-refractivity contribution in [2.45, 2.75) is 56.3 Å². The molecule has 25 heavy (non-hydrogen) atoms. The number of thioether (sulfide) groups is 1. The van der Waals surface area contributed by atoms with Crippen LogP contribution in [-0.2, 0) is 16.1 Å². The summed E-state index contributed by atoms with van der Waals surface area (Å²) < 4.78 is 0. The first-order chi connectivity index (χ1) is 12.0. The number of fused-ring (bicyclic) bond motifs is 1. The van der Waals surface area contributed by atoms with E-state index in [4.69, 9.17) is 0 Å². The van der Waals surface area contributed by atoms with E-state index in [9.17, 15) is 9.59 Å². The van der Waals surface area contributed by atoms with Crippen LogP contribution in [0.25, 0.3) is 0 Å². The highest BCUT2D eigenvalue weighted by atomic mass is 32.2. The molecule has 0 spiro atoms. The summed E-state index contributed by atoms with van der Waals surface area (Å²) in [5.41, 5.74) is 1.23. The quantitative estimate of drug-likeness (QED) is 0.761. The van der Waals surface area contributed by atoms with Gasteiger partial charge in [-0.3, -0.25) is 9.59 Å². The van der Waals surface area contributed by atoms with Crippen LogP contribution < -0.4 is 10.6 Å². The normalized spacial score (nSPS) is 26.1. The molecule has 2 fully saturated rings. The van der Waals surface area contributed by atoms with Crippen LogP contribution in [0.5, 0.6) is 0 Å². The lowest BCUT2D eigenvalue weighted by Crippen LogP contribution is -2.61. The van der Waals surface area contributed by atoms with Gasteiger partial charge < -0.3 is 15.5 Å². The van der Waals surface area contributed by atoms with Crippen LogP contribution in [-0.4, -0.2) is 47.6 Å². The number of hydrogen-bond acceptors (Lipinski definition) is 4. The van der Waals surface area contributed by atoms with Crippen molar-refractivity contribution < 1.29 is 9.59 Å². The third-order valence-electron chi connectivity index (χ3n) is 4.94. The number of hydrogen-bond donors (Lipinski definition) is 2. The van der Waals surface area contributed by atoms with Crippen molar-refractivity contribution in [3.8, 4) is 0 Å². The van der Waals surface area contributed by atoms with Crippen LogP contribution in [0.1, 0.15) is 32.3 Å². The van der Waals surface area contributed by atoms with Crippen LogP contribution >= 0.6 is 11.8 Å². The Balaban J connectivity index is 1.60. The van der Waals surface area contributed by atoms with Crippen molar-refractivity contribution in [3.05, 3.63) is 29.8 Å². The molecular formula is C19H27N3O2S. The molecule has 1 aromatic rings. The highest BCUT2D eigenvalue weighted by molar-refractivity contribution is 7.98. The van der Waals surface area contributed by atoms with Crippen LogP contribution in [0.4, 0.5) is 0 Å². The van der Waals surface area contributed by atoms with Crippen LogP contribution in [0.2, 0.25) is 0 Å². The predicted molar refractivity (Wildman–Crippen MR) is 100 cm³/mol. The van der Waals surface area contributed by atoms with E-state index in [0.717, 1.165) is 6.54 Å². The van der Waals surface area contributed by atoms with Crippen molar-refractivity contribution in [2.75, 3.05) is 12.8 Å². The van der Waals surface area contributed by atoms with Gasteiger partial charge in [-0.25, -0.2) is 0 Å². The molecule has 2 aliphatic rings. The van der Waals surface area contributed by atoms with Gasteiger partial charge >= 0.3 is 0 Å². The number of benzene rings is 1. The van der Waals surface area contributed by atoms with Gasteiger partial charge in [-0.1, -0.05) is 26.0 Å². The fourth-order valence-corrected chi connectivity index (χ4v) is 4.17. The molecule has 2 amide bonds. The summed E-state index contributed by atoms with van der Waals surface area (Å²) in [6.45, 7) is 5.52. The van der Waals surface area contributed by atoms with E-state index in [0.29, 0.717) is 25.3 Å². The van der Waals surface area contributed by atoms with E-state index >= 15 is 0 Å². The Morgan fingerprint density at radius 3 is 2.88 bits per heavy atom. The van der Waals surface area contributed by atoms with Crippen molar-refractivity contribution in [1.82, 2.24) is 15.5 Å². The van der Waals surface area contributed by atoms with Gasteiger partial charge in [0, 0.05) is 24.0 Å². The summed E-state index contributed by atoms with van der Waals surface area (Å²) in [7, 11) is 0. The Morgan fingerprint density at radius 2 is 2.16 bits per heavy atom. The zero-order valence-corrected chi connectivity index (χ0v) is 15.9. The molecule has 2 aliphatic heterocycles. The molecule has 0 radical (unpaired) electrons. The Hall–Kier alpha value is -1.53. The van der Waals surface area contributed by atoms with Gasteiger partial charge in [-0.2, -0.15) is 0 Å². The number of piperazine rings is 1. The van der Waals surface area contributed by atoms with Crippen molar-refractivity contribution >= 4 is 23.6 Å². The van der Waals surface area contributed by atoms with Crippen LogP contribution in [0, 0.1) is 5.92 Å². The minimum Gasteiger partial charge on any atom is -0.342 e. The predicted octanol–water partition coefficient (Wildman–Crippen LogP) is 2.01. The summed E-state index contributed by atoms with van der Waals surface area (Å²) in [5, 5.41) is 6.44. The lowest BCUT2D eigenvalue weighted by atomic mass is 9.99. The zero-order chi connectivity index (χ0) is 18.0. The highest BCUT2D eigenvalue weighted by Gasteiger charge is 2.46. The number of rotatable bonds is 6. The number of carbonyl (C=O) groups excluding carboxylic acids is 2. The maximum absolute atomic E-state index is 12.7. The molecule has 136 valence electrons. The van der Waals surface area contributed by atoms with E-state index in [1.165, 1.54) is 10.5 Å². The lowest BCUT2D eigenvalue weighted by molar-refractivity contribution is -0.147. The monoisotopic (exact) mass is 361 g/mol. The second-order valence-electron chi connectivity index (χ2n) is 7.36. The lowest BCUT2D eigenvalue weighted by Gasteiger charge is -2.35. The molecule has 2 heterocycles. The molecule has 0 bridgehead atoms. The minimum atomic E-state index is -0.360. The van der Waals surface area contributed by atoms with Crippen molar-refractivity contribution in [1.29, 1.82) is 0 Å². The molecule has 3 atom stereocenters. The molecule has 6 heteroatoms. The summed E-state index contributed by atoms with van der Waals surface area (Å²) in [4.78, 5) is 28.1. The molecule has 3 rings (SSSR count). The van der Waals surface area contributed by atoms with Crippen LogP contribution in [0.15, 0.2) is 29.2 Å². The van der Waals surface area contributed by atoms with Crippen molar-refractivity contribution in [2.24, 2.45) is 5.92 Å². The van der Waals surface area contributed by atoms with Crippen LogP contribution in [0.3, 0.4) is 0 Å². The topological polar surface area (TPSA) is 61.4 Å². The van der Waals surface area contributed by atoms with Gasteiger partial charge in [0.15, 0.2) is 0 Å². The first kappa shape index (κ1) is 18.3. The largest absolute Gasteiger partial charge is 0.342 e. The first-order valence-electron chi connectivity index (χ1n) is 8.95. The summed E-state index contributed by atoms with van der Waals surface area (Å²) >= 11 is 1.73. The van der Waals surface area contributed by atoms with Gasteiger partial charge in [0.25, 0.3) is 0 Å². The van der Waals surface area contributed by atoms with E-state index in [2.05, 4.69) is 55.0 Å². The molecule has 0 saturated carbocycles. The Morgan fingerprint density at radius 1 is 1.36 bits per heavy atom. The molecule has 0 aliphatic carbocycles. The number of nitrogens with one attached hydrogen (secondary N) is 2. The number of carbonyl (C=O) groups is 2. The first-order valence-corrected chi connectivity index (χ1v) is 10.2. The van der Waals surface area contributed by atoms with E-state index < -0.39 is 0 Å². The molecular weight excluding hydrogens is 334 g/mol.